The molecule has 1 fully saturated rings. The number of likely N-dealkylation sites (tertiary alicyclic amines) is 1. The highest BCUT2D eigenvalue weighted by Gasteiger charge is 2.26. The summed E-state index contributed by atoms with van der Waals surface area (Å²) in [6, 6.07) is 0.427. The van der Waals surface area contributed by atoms with Crippen LogP contribution in [0, 0.1) is 0 Å². The maximum absolute atomic E-state index is 11.9. The predicted octanol–water partition coefficient (Wildman–Crippen LogP) is 3.18. The summed E-state index contributed by atoms with van der Waals surface area (Å²) in [5.41, 5.74) is 1.06. The molecule has 0 aromatic carbocycles. The van der Waals surface area contributed by atoms with Gasteiger partial charge < -0.3 is 0 Å². The van der Waals surface area contributed by atoms with Crippen molar-refractivity contribution in [3.05, 3.63) is 11.6 Å². The summed E-state index contributed by atoms with van der Waals surface area (Å²) < 4.78 is 0. The van der Waals surface area contributed by atoms with E-state index in [9.17, 15) is 4.79 Å². The molecule has 0 amide bonds. The smallest absolute Gasteiger partial charge is 0.161 e. The largest absolute Gasteiger partial charge is 0.296 e. The molecule has 0 radical (unpaired) electrons. The fourth-order valence-corrected chi connectivity index (χ4v) is 2.24. The second-order valence-corrected chi connectivity index (χ2v) is 4.82. The van der Waals surface area contributed by atoms with Crippen LogP contribution in [0.2, 0.25) is 0 Å². The van der Waals surface area contributed by atoms with E-state index in [4.69, 9.17) is 0 Å². The maximum atomic E-state index is 11.9. The minimum absolute atomic E-state index is 0.371. The Labute approximate surface area is 99.7 Å². The van der Waals surface area contributed by atoms with Crippen molar-refractivity contribution in [3.63, 3.8) is 0 Å². The average Bonchev–Trinajstić information content (AvgIpc) is 2.25. The molecular weight excluding hydrogens is 198 g/mol. The van der Waals surface area contributed by atoms with Gasteiger partial charge in [0, 0.05) is 24.6 Å². The zero-order chi connectivity index (χ0) is 12.0. The van der Waals surface area contributed by atoms with Crippen LogP contribution in [0.3, 0.4) is 0 Å². The average molecular weight is 223 g/mol. The van der Waals surface area contributed by atoms with Crippen LogP contribution < -0.4 is 0 Å². The highest BCUT2D eigenvalue weighted by molar-refractivity contribution is 5.96. The van der Waals surface area contributed by atoms with Gasteiger partial charge in [0.05, 0.1) is 0 Å². The lowest BCUT2D eigenvalue weighted by molar-refractivity contribution is -0.118. The van der Waals surface area contributed by atoms with E-state index >= 15 is 0 Å². The number of carbonyl (C=O) groups excluding carboxylic acids is 1. The number of unbranched alkanes of at least 4 members (excludes halogenated alkanes) is 2. The third-order valence-electron chi connectivity index (χ3n) is 3.29. The van der Waals surface area contributed by atoms with Crippen molar-refractivity contribution < 1.29 is 4.79 Å². The number of hydrogen-bond donors (Lipinski definition) is 0. The number of piperidine rings is 1. The van der Waals surface area contributed by atoms with Crippen LogP contribution >= 0.6 is 0 Å². The molecule has 0 N–H and O–H groups in total. The molecule has 0 bridgehead atoms. The lowest BCUT2D eigenvalue weighted by Crippen LogP contribution is -2.42. The van der Waals surface area contributed by atoms with Gasteiger partial charge in [-0.05, 0) is 26.3 Å². The minimum Gasteiger partial charge on any atom is -0.296 e. The summed E-state index contributed by atoms with van der Waals surface area (Å²) in [6.45, 7) is 8.53. The fourth-order valence-electron chi connectivity index (χ4n) is 2.24. The third kappa shape index (κ3) is 3.75. The molecule has 1 heterocycles. The molecule has 0 saturated carbocycles. The van der Waals surface area contributed by atoms with Crippen molar-refractivity contribution in [2.45, 2.75) is 58.9 Å². The Morgan fingerprint density at radius 2 is 2.12 bits per heavy atom. The topological polar surface area (TPSA) is 20.3 Å². The van der Waals surface area contributed by atoms with Crippen molar-refractivity contribution in [2.24, 2.45) is 0 Å². The van der Waals surface area contributed by atoms with E-state index in [0.29, 0.717) is 18.2 Å². The Balaban J connectivity index is 2.56. The van der Waals surface area contributed by atoms with E-state index in [1.165, 1.54) is 19.3 Å². The number of Topliss-reactive ketones (excluding diaryl/α,β-unsaturated/α-hetero) is 1. The van der Waals surface area contributed by atoms with E-state index in [1.807, 2.05) is 0 Å². The first-order chi connectivity index (χ1) is 7.69. The molecule has 1 rings (SSSR count). The zero-order valence-corrected chi connectivity index (χ0v) is 11.0. The van der Waals surface area contributed by atoms with Crippen LogP contribution in [0.1, 0.15) is 52.9 Å². The second kappa shape index (κ2) is 6.85. The Bertz CT molecular complexity index is 257. The lowest BCUT2D eigenvalue weighted by Gasteiger charge is -2.33. The fraction of sp³-hybridized carbons (Fsp3) is 0.786. The molecule has 0 aromatic rings. The molecule has 1 atom stereocenters. The Hall–Kier alpha value is -0.630. The normalized spacial score (nSPS) is 25.3. The summed E-state index contributed by atoms with van der Waals surface area (Å²) in [6.07, 6.45) is 7.50. The van der Waals surface area contributed by atoms with Crippen molar-refractivity contribution in [1.82, 2.24) is 4.90 Å². The van der Waals surface area contributed by atoms with Crippen LogP contribution in [0.25, 0.3) is 0 Å². The standard InChI is InChI=1S/C14H25NO/c1-4-6-7-8-13-11-15(9-5-2)12(3)10-14(13)16/h8,12H,4-7,9-11H2,1-3H3/b13-8+/t12-/m1/s1. The predicted molar refractivity (Wildman–Crippen MR) is 68.6 cm³/mol. The molecule has 1 aliphatic rings. The Kier molecular flexibility index (Phi) is 5.75. The van der Waals surface area contributed by atoms with Gasteiger partial charge in [-0.1, -0.05) is 32.8 Å². The van der Waals surface area contributed by atoms with E-state index < -0.39 is 0 Å². The lowest BCUT2D eigenvalue weighted by atomic mass is 9.96. The number of carbonyl (C=O) groups is 1. The summed E-state index contributed by atoms with van der Waals surface area (Å²) in [4.78, 5) is 14.3. The molecule has 0 aromatic heterocycles. The van der Waals surface area contributed by atoms with Crippen molar-refractivity contribution >= 4 is 5.78 Å². The van der Waals surface area contributed by atoms with Crippen LogP contribution in [0.4, 0.5) is 0 Å². The number of allylic oxidation sites excluding steroid dienone is 1. The third-order valence-corrected chi connectivity index (χ3v) is 3.29. The SMILES string of the molecule is CCCC/C=C1\CN(CCC)[C@H](C)CC1=O. The molecule has 0 unspecified atom stereocenters. The van der Waals surface area contributed by atoms with E-state index in [2.05, 4.69) is 31.7 Å². The molecule has 2 heteroatoms. The van der Waals surface area contributed by atoms with Gasteiger partial charge in [0.1, 0.15) is 0 Å². The van der Waals surface area contributed by atoms with Gasteiger partial charge >= 0.3 is 0 Å². The van der Waals surface area contributed by atoms with Crippen LogP contribution in [-0.4, -0.2) is 29.8 Å². The maximum Gasteiger partial charge on any atom is 0.161 e. The van der Waals surface area contributed by atoms with Gasteiger partial charge in [-0.25, -0.2) is 0 Å². The second-order valence-electron chi connectivity index (χ2n) is 4.82. The van der Waals surface area contributed by atoms with Crippen LogP contribution in [0.5, 0.6) is 0 Å². The molecule has 0 spiro atoms. The highest BCUT2D eigenvalue weighted by Crippen LogP contribution is 2.19. The summed E-state index contributed by atoms with van der Waals surface area (Å²) in [5, 5.41) is 0. The molecule has 0 aliphatic carbocycles. The van der Waals surface area contributed by atoms with Gasteiger partial charge in [-0.15, -0.1) is 0 Å². The number of hydrogen-bond acceptors (Lipinski definition) is 2. The molecule has 2 nitrogen and oxygen atoms in total. The summed E-state index contributed by atoms with van der Waals surface area (Å²) >= 11 is 0. The first-order valence-corrected chi connectivity index (χ1v) is 6.65. The minimum atomic E-state index is 0.371. The number of rotatable bonds is 5. The number of nitrogens with zero attached hydrogens (tertiary/aromatic N) is 1. The van der Waals surface area contributed by atoms with E-state index in [0.717, 1.165) is 25.1 Å². The quantitative estimate of drug-likeness (QED) is 0.527. The zero-order valence-electron chi connectivity index (χ0n) is 11.0. The molecule has 92 valence electrons. The van der Waals surface area contributed by atoms with Crippen LogP contribution in [-0.2, 0) is 4.79 Å². The highest BCUT2D eigenvalue weighted by atomic mass is 16.1. The summed E-state index contributed by atoms with van der Waals surface area (Å²) in [5.74, 6) is 0.371. The monoisotopic (exact) mass is 223 g/mol. The molecule has 16 heavy (non-hydrogen) atoms. The molecular formula is C14H25NO. The molecule has 1 saturated heterocycles. The first kappa shape index (κ1) is 13.4. The molecule has 1 aliphatic heterocycles. The number of ketones is 1. The van der Waals surface area contributed by atoms with Crippen LogP contribution in [0.15, 0.2) is 11.6 Å². The Morgan fingerprint density at radius 3 is 2.75 bits per heavy atom. The van der Waals surface area contributed by atoms with Crippen molar-refractivity contribution in [3.8, 4) is 0 Å². The van der Waals surface area contributed by atoms with Gasteiger partial charge in [0.2, 0.25) is 0 Å². The van der Waals surface area contributed by atoms with Crippen molar-refractivity contribution in [1.29, 1.82) is 0 Å². The van der Waals surface area contributed by atoms with E-state index in [1.54, 1.807) is 0 Å². The van der Waals surface area contributed by atoms with Gasteiger partial charge in [-0.3, -0.25) is 9.69 Å². The van der Waals surface area contributed by atoms with E-state index in [-0.39, 0.29) is 0 Å². The van der Waals surface area contributed by atoms with Crippen molar-refractivity contribution in [2.75, 3.05) is 13.1 Å². The van der Waals surface area contributed by atoms with Gasteiger partial charge in [-0.2, -0.15) is 0 Å². The first-order valence-electron chi connectivity index (χ1n) is 6.65. The van der Waals surface area contributed by atoms with Gasteiger partial charge in [0.15, 0.2) is 5.78 Å². The Morgan fingerprint density at radius 1 is 1.38 bits per heavy atom. The van der Waals surface area contributed by atoms with Gasteiger partial charge in [0.25, 0.3) is 0 Å². The summed E-state index contributed by atoms with van der Waals surface area (Å²) in [7, 11) is 0.